The number of ether oxygens (including phenoxy) is 2. The number of rotatable bonds is 6. The molecule has 1 heterocycles. The topological polar surface area (TPSA) is 38.8 Å². The van der Waals surface area contributed by atoms with Crippen LogP contribution in [-0.4, -0.2) is 50.1 Å². The summed E-state index contributed by atoms with van der Waals surface area (Å²) < 4.78 is 11.9. The second kappa shape index (κ2) is 7.92. The summed E-state index contributed by atoms with van der Waals surface area (Å²) in [5.41, 5.74) is 0.896. The third kappa shape index (κ3) is 4.53. The van der Waals surface area contributed by atoms with Crippen LogP contribution in [0.2, 0.25) is 0 Å². The Hall–Kier alpha value is -0.910. The number of benzene rings is 1. The minimum absolute atomic E-state index is 0.118. The van der Waals surface area contributed by atoms with E-state index in [1.165, 1.54) is 0 Å². The average molecular weight is 356 g/mol. The van der Waals surface area contributed by atoms with Gasteiger partial charge in [-0.15, -0.1) is 0 Å². The molecular weight excluding hydrogens is 334 g/mol. The molecule has 1 saturated heterocycles. The van der Waals surface area contributed by atoms with Crippen molar-refractivity contribution in [2.24, 2.45) is 0 Å². The molecule has 1 aliphatic rings. The maximum absolute atomic E-state index is 12.5. The highest BCUT2D eigenvalue weighted by Gasteiger charge is 2.26. The molecule has 1 atom stereocenters. The molecule has 0 saturated carbocycles. The number of hydrogen-bond donors (Lipinski definition) is 0. The van der Waals surface area contributed by atoms with Gasteiger partial charge in [0.2, 0.25) is 0 Å². The van der Waals surface area contributed by atoms with Crippen LogP contribution < -0.4 is 4.74 Å². The van der Waals surface area contributed by atoms with Crippen molar-refractivity contribution in [1.29, 1.82) is 0 Å². The summed E-state index contributed by atoms with van der Waals surface area (Å²) in [5, 5.41) is 0. The third-order valence-corrected chi connectivity index (χ3v) is 4.15. The maximum atomic E-state index is 12.5. The third-order valence-electron chi connectivity index (χ3n) is 3.66. The molecule has 116 valence electrons. The number of morpholine rings is 1. The van der Waals surface area contributed by atoms with Crippen LogP contribution in [0.15, 0.2) is 22.7 Å². The standard InChI is InChI=1S/C16H22BrNO3/c1-3-6-18-7-8-21-16(11-18)14(19)10-12-9-13(17)4-5-15(12)20-2/h4-5,9,16H,3,6-8,10-11H2,1-2H3. The van der Waals surface area contributed by atoms with Crippen molar-refractivity contribution in [3.8, 4) is 5.75 Å². The Morgan fingerprint density at radius 3 is 3.05 bits per heavy atom. The van der Waals surface area contributed by atoms with Crippen LogP contribution in [0.4, 0.5) is 0 Å². The fourth-order valence-corrected chi connectivity index (χ4v) is 3.01. The van der Waals surface area contributed by atoms with E-state index in [1.807, 2.05) is 18.2 Å². The SMILES string of the molecule is CCCN1CCOC(C(=O)Cc2cc(Br)ccc2OC)C1. The number of hydrogen-bond acceptors (Lipinski definition) is 4. The van der Waals surface area contributed by atoms with E-state index in [0.29, 0.717) is 19.6 Å². The van der Waals surface area contributed by atoms with Gasteiger partial charge in [0.1, 0.15) is 11.9 Å². The highest BCUT2D eigenvalue weighted by molar-refractivity contribution is 9.10. The fraction of sp³-hybridized carbons (Fsp3) is 0.562. The Morgan fingerprint density at radius 1 is 1.52 bits per heavy atom. The number of nitrogens with zero attached hydrogens (tertiary/aromatic N) is 1. The molecule has 5 heteroatoms. The van der Waals surface area contributed by atoms with Crippen molar-refractivity contribution in [1.82, 2.24) is 4.90 Å². The van der Waals surface area contributed by atoms with Gasteiger partial charge in [0.15, 0.2) is 5.78 Å². The highest BCUT2D eigenvalue weighted by Crippen LogP contribution is 2.24. The lowest BCUT2D eigenvalue weighted by molar-refractivity contribution is -0.135. The van der Waals surface area contributed by atoms with Crippen molar-refractivity contribution >= 4 is 21.7 Å². The van der Waals surface area contributed by atoms with Crippen molar-refractivity contribution in [2.45, 2.75) is 25.9 Å². The fourth-order valence-electron chi connectivity index (χ4n) is 2.60. The lowest BCUT2D eigenvalue weighted by Crippen LogP contribution is -2.46. The zero-order valence-corrected chi connectivity index (χ0v) is 14.2. The molecule has 21 heavy (non-hydrogen) atoms. The Morgan fingerprint density at radius 2 is 2.33 bits per heavy atom. The van der Waals surface area contributed by atoms with Gasteiger partial charge in [0.25, 0.3) is 0 Å². The second-order valence-electron chi connectivity index (χ2n) is 5.26. The number of halogens is 1. The van der Waals surface area contributed by atoms with Gasteiger partial charge in [-0.1, -0.05) is 22.9 Å². The summed E-state index contributed by atoms with van der Waals surface area (Å²) in [6.45, 7) is 5.42. The van der Waals surface area contributed by atoms with Crippen LogP contribution in [0.5, 0.6) is 5.75 Å². The van der Waals surface area contributed by atoms with Gasteiger partial charge in [0.05, 0.1) is 13.7 Å². The van der Waals surface area contributed by atoms with E-state index in [-0.39, 0.29) is 11.9 Å². The minimum Gasteiger partial charge on any atom is -0.496 e. The van der Waals surface area contributed by atoms with Crippen molar-refractivity contribution in [3.05, 3.63) is 28.2 Å². The predicted octanol–water partition coefficient (Wildman–Crippen LogP) is 2.68. The number of methoxy groups -OCH3 is 1. The predicted molar refractivity (Wildman–Crippen MR) is 85.9 cm³/mol. The van der Waals surface area contributed by atoms with E-state index in [4.69, 9.17) is 9.47 Å². The summed E-state index contributed by atoms with van der Waals surface area (Å²) >= 11 is 3.44. The molecule has 0 aliphatic carbocycles. The van der Waals surface area contributed by atoms with E-state index >= 15 is 0 Å². The molecule has 4 nitrogen and oxygen atoms in total. The zero-order chi connectivity index (χ0) is 15.2. The van der Waals surface area contributed by atoms with E-state index in [0.717, 1.165) is 35.3 Å². The highest BCUT2D eigenvalue weighted by atomic mass is 79.9. The van der Waals surface area contributed by atoms with Gasteiger partial charge in [-0.05, 0) is 31.2 Å². The molecule has 0 amide bonds. The van der Waals surface area contributed by atoms with Crippen molar-refractivity contribution < 1.29 is 14.3 Å². The summed E-state index contributed by atoms with van der Waals surface area (Å²) in [5.74, 6) is 0.861. The first-order valence-electron chi connectivity index (χ1n) is 7.33. The molecule has 0 spiro atoms. The first kappa shape index (κ1) is 16.5. The average Bonchev–Trinajstić information content (AvgIpc) is 2.48. The molecule has 0 radical (unpaired) electrons. The lowest BCUT2D eigenvalue weighted by Gasteiger charge is -2.32. The van der Waals surface area contributed by atoms with Gasteiger partial charge >= 0.3 is 0 Å². The molecule has 1 unspecified atom stereocenters. The van der Waals surface area contributed by atoms with Crippen LogP contribution in [-0.2, 0) is 16.0 Å². The molecule has 1 aromatic carbocycles. The quantitative estimate of drug-likeness (QED) is 0.786. The maximum Gasteiger partial charge on any atom is 0.167 e. The van der Waals surface area contributed by atoms with Crippen LogP contribution >= 0.6 is 15.9 Å². The summed E-state index contributed by atoms with van der Waals surface area (Å²) in [4.78, 5) is 14.8. The monoisotopic (exact) mass is 355 g/mol. The Kier molecular flexibility index (Phi) is 6.21. The summed E-state index contributed by atoms with van der Waals surface area (Å²) in [6.07, 6.45) is 1.11. The van der Waals surface area contributed by atoms with E-state index < -0.39 is 0 Å². The van der Waals surface area contributed by atoms with E-state index in [1.54, 1.807) is 7.11 Å². The smallest absolute Gasteiger partial charge is 0.167 e. The Labute approximate surface area is 134 Å². The number of ketones is 1. The van der Waals surface area contributed by atoms with Gasteiger partial charge in [0, 0.05) is 29.5 Å². The Balaban J connectivity index is 2.02. The largest absolute Gasteiger partial charge is 0.496 e. The van der Waals surface area contributed by atoms with Crippen LogP contribution in [0.25, 0.3) is 0 Å². The normalized spacial score (nSPS) is 19.5. The summed E-state index contributed by atoms with van der Waals surface area (Å²) in [7, 11) is 1.62. The molecule has 2 rings (SSSR count). The van der Waals surface area contributed by atoms with Gasteiger partial charge < -0.3 is 9.47 Å². The number of Topliss-reactive ketones (excluding diaryl/α,β-unsaturated/α-hetero) is 1. The second-order valence-corrected chi connectivity index (χ2v) is 6.17. The van der Waals surface area contributed by atoms with Gasteiger partial charge in [-0.25, -0.2) is 0 Å². The summed E-state index contributed by atoms with van der Waals surface area (Å²) in [6, 6.07) is 5.72. The molecule has 1 aromatic rings. The number of carbonyl (C=O) groups is 1. The van der Waals surface area contributed by atoms with Crippen LogP contribution in [0, 0.1) is 0 Å². The molecule has 0 N–H and O–H groups in total. The van der Waals surface area contributed by atoms with Crippen LogP contribution in [0.1, 0.15) is 18.9 Å². The first-order chi connectivity index (χ1) is 10.1. The molecule has 0 bridgehead atoms. The molecule has 1 fully saturated rings. The molecular formula is C16H22BrNO3. The van der Waals surface area contributed by atoms with Gasteiger partial charge in [-0.3, -0.25) is 9.69 Å². The van der Waals surface area contributed by atoms with Crippen molar-refractivity contribution in [3.63, 3.8) is 0 Å². The van der Waals surface area contributed by atoms with E-state index in [2.05, 4.69) is 27.8 Å². The van der Waals surface area contributed by atoms with Crippen molar-refractivity contribution in [2.75, 3.05) is 33.4 Å². The Bertz CT molecular complexity index is 490. The van der Waals surface area contributed by atoms with E-state index in [9.17, 15) is 4.79 Å². The molecule has 1 aliphatic heterocycles. The zero-order valence-electron chi connectivity index (χ0n) is 12.6. The van der Waals surface area contributed by atoms with Gasteiger partial charge in [-0.2, -0.15) is 0 Å². The molecule has 0 aromatic heterocycles. The lowest BCUT2D eigenvalue weighted by atomic mass is 10.0. The number of carbonyl (C=O) groups excluding carboxylic acids is 1. The van der Waals surface area contributed by atoms with Crippen LogP contribution in [0.3, 0.4) is 0 Å². The minimum atomic E-state index is -0.325. The first-order valence-corrected chi connectivity index (χ1v) is 8.12.